The molecule has 84 valence electrons. The van der Waals surface area contributed by atoms with Crippen molar-refractivity contribution in [2.75, 3.05) is 0 Å². The summed E-state index contributed by atoms with van der Waals surface area (Å²) in [7, 11) is 0. The number of rotatable bonds is 3. The summed E-state index contributed by atoms with van der Waals surface area (Å²) in [5, 5.41) is 9.16. The second-order valence-electron chi connectivity index (χ2n) is 3.50. The first-order chi connectivity index (χ1) is 7.61. The summed E-state index contributed by atoms with van der Waals surface area (Å²) in [6.45, 7) is 2.39. The highest BCUT2D eigenvalue weighted by molar-refractivity contribution is 5.80. The monoisotopic (exact) mass is 221 g/mol. The third kappa shape index (κ3) is 1.71. The SMILES string of the molecule is CCn1oc(=O)c2ccc(CC(=O)O)cc21. The zero-order chi connectivity index (χ0) is 11.7. The van der Waals surface area contributed by atoms with Crippen LogP contribution in [0.3, 0.4) is 0 Å². The average molecular weight is 221 g/mol. The summed E-state index contributed by atoms with van der Waals surface area (Å²) in [6.07, 6.45) is -0.0565. The fraction of sp³-hybridized carbons (Fsp3) is 0.273. The fourth-order valence-electron chi connectivity index (χ4n) is 1.67. The number of fused-ring (bicyclic) bond motifs is 1. The number of hydrogen-bond donors (Lipinski definition) is 1. The first-order valence-corrected chi connectivity index (χ1v) is 4.96. The third-order valence-corrected chi connectivity index (χ3v) is 2.39. The Morgan fingerprint density at radius 3 is 2.88 bits per heavy atom. The minimum atomic E-state index is -0.895. The van der Waals surface area contributed by atoms with Gasteiger partial charge in [0.05, 0.1) is 23.9 Å². The molecular formula is C11H11NO4. The first kappa shape index (κ1) is 10.5. The molecule has 1 N–H and O–H groups in total. The highest BCUT2D eigenvalue weighted by atomic mass is 16.5. The van der Waals surface area contributed by atoms with Crippen LogP contribution in [0.5, 0.6) is 0 Å². The predicted molar refractivity (Wildman–Crippen MR) is 57.5 cm³/mol. The van der Waals surface area contributed by atoms with E-state index in [9.17, 15) is 9.59 Å². The van der Waals surface area contributed by atoms with Gasteiger partial charge in [-0.15, -0.1) is 0 Å². The van der Waals surface area contributed by atoms with Crippen molar-refractivity contribution in [3.63, 3.8) is 0 Å². The van der Waals surface area contributed by atoms with Gasteiger partial charge < -0.3 is 9.63 Å². The van der Waals surface area contributed by atoms with Gasteiger partial charge >= 0.3 is 11.6 Å². The van der Waals surface area contributed by atoms with Crippen molar-refractivity contribution in [2.45, 2.75) is 19.9 Å². The molecular weight excluding hydrogens is 210 g/mol. The van der Waals surface area contributed by atoms with Crippen molar-refractivity contribution in [1.29, 1.82) is 0 Å². The lowest BCUT2D eigenvalue weighted by atomic mass is 10.1. The summed E-state index contributed by atoms with van der Waals surface area (Å²) in [5.74, 6) is -0.895. The Morgan fingerprint density at radius 1 is 1.50 bits per heavy atom. The highest BCUT2D eigenvalue weighted by Gasteiger charge is 2.09. The van der Waals surface area contributed by atoms with Crippen molar-refractivity contribution >= 4 is 16.9 Å². The van der Waals surface area contributed by atoms with Crippen LogP contribution in [0.15, 0.2) is 27.5 Å². The van der Waals surface area contributed by atoms with Crippen LogP contribution in [0, 0.1) is 0 Å². The van der Waals surface area contributed by atoms with Gasteiger partial charge in [-0.25, -0.2) is 9.53 Å². The van der Waals surface area contributed by atoms with Crippen LogP contribution in [0.2, 0.25) is 0 Å². The molecule has 16 heavy (non-hydrogen) atoms. The van der Waals surface area contributed by atoms with E-state index in [4.69, 9.17) is 9.63 Å². The van der Waals surface area contributed by atoms with Crippen molar-refractivity contribution < 1.29 is 14.4 Å². The molecule has 0 aliphatic carbocycles. The molecule has 1 aromatic carbocycles. The third-order valence-electron chi connectivity index (χ3n) is 2.39. The van der Waals surface area contributed by atoms with E-state index >= 15 is 0 Å². The van der Waals surface area contributed by atoms with Gasteiger partial charge in [0.15, 0.2) is 0 Å². The standard InChI is InChI=1S/C11H11NO4/c1-2-12-9-5-7(6-10(13)14)3-4-8(9)11(15)16-12/h3-5H,2,6H2,1H3,(H,13,14). The molecule has 2 aromatic rings. The van der Waals surface area contributed by atoms with Crippen LogP contribution in [-0.4, -0.2) is 15.8 Å². The summed E-state index contributed by atoms with van der Waals surface area (Å²) < 4.78 is 6.45. The lowest BCUT2D eigenvalue weighted by molar-refractivity contribution is -0.136. The molecule has 5 nitrogen and oxygen atoms in total. The van der Waals surface area contributed by atoms with Gasteiger partial charge in [0.2, 0.25) is 0 Å². The number of aromatic nitrogens is 1. The molecule has 0 bridgehead atoms. The maximum atomic E-state index is 11.4. The molecule has 0 saturated carbocycles. The predicted octanol–water partition coefficient (Wildman–Crippen LogP) is 1.24. The van der Waals surface area contributed by atoms with Gasteiger partial charge in [-0.1, -0.05) is 6.07 Å². The normalized spacial score (nSPS) is 10.8. The molecule has 5 heteroatoms. The van der Waals surface area contributed by atoms with Crippen molar-refractivity contribution in [1.82, 2.24) is 4.74 Å². The van der Waals surface area contributed by atoms with Gasteiger partial charge in [0, 0.05) is 0 Å². The number of aryl methyl sites for hydroxylation is 1. The van der Waals surface area contributed by atoms with Crippen LogP contribution < -0.4 is 5.63 Å². The average Bonchev–Trinajstić information content (AvgIpc) is 2.54. The molecule has 2 rings (SSSR count). The molecule has 0 aliphatic heterocycles. The van der Waals surface area contributed by atoms with Crippen LogP contribution in [0.4, 0.5) is 0 Å². The van der Waals surface area contributed by atoms with Gasteiger partial charge in [-0.2, -0.15) is 0 Å². The van der Waals surface area contributed by atoms with E-state index in [1.165, 1.54) is 4.74 Å². The Bertz CT molecular complexity index is 594. The zero-order valence-electron chi connectivity index (χ0n) is 8.77. The summed E-state index contributed by atoms with van der Waals surface area (Å²) in [6, 6.07) is 4.91. The first-order valence-electron chi connectivity index (χ1n) is 4.96. The molecule has 1 aromatic heterocycles. The van der Waals surface area contributed by atoms with E-state index in [-0.39, 0.29) is 6.42 Å². The van der Waals surface area contributed by atoms with Crippen molar-refractivity contribution in [3.8, 4) is 0 Å². The van der Waals surface area contributed by atoms with E-state index < -0.39 is 11.6 Å². The van der Waals surface area contributed by atoms with Crippen LogP contribution in [0.25, 0.3) is 10.9 Å². The lowest BCUT2D eigenvalue weighted by Gasteiger charge is -1.99. The maximum absolute atomic E-state index is 11.4. The number of carboxylic acid groups (broad SMARTS) is 1. The number of nitrogens with zero attached hydrogens (tertiary/aromatic N) is 1. The molecule has 1 heterocycles. The van der Waals surface area contributed by atoms with Crippen molar-refractivity contribution in [2.24, 2.45) is 0 Å². The summed E-state index contributed by atoms with van der Waals surface area (Å²) >= 11 is 0. The van der Waals surface area contributed by atoms with Crippen LogP contribution >= 0.6 is 0 Å². The molecule has 0 amide bonds. The van der Waals surface area contributed by atoms with E-state index in [2.05, 4.69) is 0 Å². The van der Waals surface area contributed by atoms with Gasteiger partial charge in [-0.05, 0) is 24.6 Å². The molecule has 0 unspecified atom stereocenters. The Labute approximate surface area is 90.9 Å². The minimum Gasteiger partial charge on any atom is -0.481 e. The number of hydrogen-bond acceptors (Lipinski definition) is 3. The molecule has 0 atom stereocenters. The van der Waals surface area contributed by atoms with E-state index in [1.54, 1.807) is 18.2 Å². The number of carbonyl (C=O) groups is 1. The van der Waals surface area contributed by atoms with Crippen molar-refractivity contribution in [3.05, 3.63) is 34.2 Å². The smallest absolute Gasteiger partial charge is 0.365 e. The second-order valence-corrected chi connectivity index (χ2v) is 3.50. The quantitative estimate of drug-likeness (QED) is 0.846. The Morgan fingerprint density at radius 2 is 2.25 bits per heavy atom. The zero-order valence-corrected chi connectivity index (χ0v) is 8.77. The van der Waals surface area contributed by atoms with Gasteiger partial charge in [0.1, 0.15) is 0 Å². The van der Waals surface area contributed by atoms with Gasteiger partial charge in [-0.3, -0.25) is 4.79 Å². The van der Waals surface area contributed by atoms with Crippen LogP contribution in [0.1, 0.15) is 12.5 Å². The molecule has 0 aliphatic rings. The summed E-state index contributed by atoms with van der Waals surface area (Å²) in [5.41, 5.74) is 0.910. The molecule has 0 radical (unpaired) electrons. The number of carboxylic acids is 1. The Hall–Kier alpha value is -2.04. The fourth-order valence-corrected chi connectivity index (χ4v) is 1.67. The summed E-state index contributed by atoms with van der Waals surface area (Å²) in [4.78, 5) is 22.0. The topological polar surface area (TPSA) is 72.4 Å². The maximum Gasteiger partial charge on any atom is 0.365 e. The van der Waals surface area contributed by atoms with Crippen LogP contribution in [-0.2, 0) is 17.8 Å². The molecule has 0 fully saturated rings. The lowest BCUT2D eigenvalue weighted by Crippen LogP contribution is -2.00. The van der Waals surface area contributed by atoms with Gasteiger partial charge in [0.25, 0.3) is 0 Å². The van der Waals surface area contributed by atoms with E-state index in [1.807, 2.05) is 6.92 Å². The molecule has 0 saturated heterocycles. The second kappa shape index (κ2) is 3.84. The Kier molecular flexibility index (Phi) is 2.52. The number of benzene rings is 1. The van der Waals surface area contributed by atoms with E-state index in [0.717, 1.165) is 0 Å². The molecule has 0 spiro atoms. The highest BCUT2D eigenvalue weighted by Crippen LogP contribution is 2.14. The largest absolute Gasteiger partial charge is 0.481 e. The Balaban J connectivity index is 2.59. The number of aliphatic carboxylic acids is 1. The van der Waals surface area contributed by atoms with E-state index in [0.29, 0.717) is 23.0 Å². The minimum absolute atomic E-state index is 0.0565.